The highest BCUT2D eigenvalue weighted by Gasteiger charge is 2.27. The fourth-order valence-corrected chi connectivity index (χ4v) is 3.58. The van der Waals surface area contributed by atoms with Gasteiger partial charge in [-0.05, 0) is 41.5 Å². The Morgan fingerprint density at radius 3 is 2.43 bits per heavy atom. The number of hydrogen-bond acceptors (Lipinski definition) is 4. The normalized spacial score (nSPS) is 14.6. The molecule has 1 aliphatic heterocycles. The van der Waals surface area contributed by atoms with Gasteiger partial charge in [-0.3, -0.25) is 0 Å². The molecule has 150 valence electrons. The minimum Gasteiger partial charge on any atom is -0.486 e. The number of hydrogen-bond donors (Lipinski definition) is 0. The van der Waals surface area contributed by atoms with Gasteiger partial charge in [-0.25, -0.2) is 9.18 Å². The topological polar surface area (TPSA) is 47.9 Å². The van der Waals surface area contributed by atoms with E-state index in [-0.39, 0.29) is 28.2 Å². The second-order valence-corrected chi connectivity index (χ2v) is 7.29. The van der Waals surface area contributed by atoms with Crippen LogP contribution in [0.25, 0.3) is 6.08 Å². The Morgan fingerprint density at radius 1 is 1.00 bits per heavy atom. The number of carbonyl (C=O) groups is 1. The van der Waals surface area contributed by atoms with E-state index in [2.05, 4.69) is 5.16 Å². The molecule has 0 spiro atoms. The van der Waals surface area contributed by atoms with E-state index in [9.17, 15) is 9.18 Å². The number of benzene rings is 3. The molecular formula is C23H14Cl2FNO3. The molecular weight excluding hydrogens is 428 g/mol. The lowest BCUT2D eigenvalue weighted by molar-refractivity contribution is -0.136. The minimum absolute atomic E-state index is 0.106. The molecule has 1 aliphatic rings. The molecule has 0 fully saturated rings. The number of nitrogens with zero attached hydrogens (tertiary/aromatic N) is 1. The minimum atomic E-state index is -0.562. The number of carbonyl (C=O) groups excluding carboxylic acids is 1. The highest BCUT2D eigenvalue weighted by Crippen LogP contribution is 2.36. The summed E-state index contributed by atoms with van der Waals surface area (Å²) in [5.41, 5.74) is 2.70. The summed E-state index contributed by atoms with van der Waals surface area (Å²) in [4.78, 5) is 17.0. The summed E-state index contributed by atoms with van der Waals surface area (Å²) in [7, 11) is 0. The van der Waals surface area contributed by atoms with Gasteiger partial charge in [0.15, 0.2) is 5.75 Å². The predicted molar refractivity (Wildman–Crippen MR) is 114 cm³/mol. The van der Waals surface area contributed by atoms with Crippen LogP contribution in [0.15, 0.2) is 77.5 Å². The average Bonchev–Trinajstić information content (AvgIpc) is 3.08. The molecule has 0 unspecified atom stereocenters. The van der Waals surface area contributed by atoms with Gasteiger partial charge in [-0.1, -0.05) is 70.8 Å². The molecule has 4 rings (SSSR count). The number of ether oxygens (including phenoxy) is 1. The molecule has 30 heavy (non-hydrogen) atoms. The van der Waals surface area contributed by atoms with Crippen LogP contribution in [-0.2, 0) is 16.2 Å². The van der Waals surface area contributed by atoms with Crippen LogP contribution in [0.2, 0.25) is 10.0 Å². The first-order chi connectivity index (χ1) is 14.5. The molecule has 0 amide bonds. The van der Waals surface area contributed by atoms with Crippen LogP contribution in [0, 0.1) is 5.82 Å². The van der Waals surface area contributed by atoms with Crippen LogP contribution >= 0.6 is 23.2 Å². The molecule has 0 saturated carbocycles. The molecule has 0 aliphatic carbocycles. The average molecular weight is 442 g/mol. The van der Waals surface area contributed by atoms with Crippen LogP contribution in [0.5, 0.6) is 5.75 Å². The Hall–Kier alpha value is -3.15. The molecule has 0 radical (unpaired) electrons. The maximum atomic E-state index is 13.3. The zero-order chi connectivity index (χ0) is 21.1. The number of halogens is 3. The van der Waals surface area contributed by atoms with Crippen LogP contribution in [0.1, 0.15) is 16.7 Å². The lowest BCUT2D eigenvalue weighted by Gasteiger charge is -2.11. The van der Waals surface area contributed by atoms with Crippen molar-refractivity contribution in [2.45, 2.75) is 6.61 Å². The molecule has 7 heteroatoms. The first-order valence-corrected chi connectivity index (χ1v) is 9.70. The highest BCUT2D eigenvalue weighted by molar-refractivity contribution is 6.37. The summed E-state index contributed by atoms with van der Waals surface area (Å²) < 4.78 is 19.0. The van der Waals surface area contributed by atoms with Gasteiger partial charge in [0.25, 0.3) is 0 Å². The molecule has 0 saturated heterocycles. The Labute approximate surface area is 182 Å². The van der Waals surface area contributed by atoms with Gasteiger partial charge < -0.3 is 9.57 Å². The van der Waals surface area contributed by atoms with Crippen molar-refractivity contribution < 1.29 is 18.8 Å². The number of rotatable bonds is 5. The second-order valence-electron chi connectivity index (χ2n) is 6.47. The quantitative estimate of drug-likeness (QED) is 0.357. The summed E-state index contributed by atoms with van der Waals surface area (Å²) in [5, 5.41) is 4.39. The van der Waals surface area contributed by atoms with Crippen molar-refractivity contribution in [3.63, 3.8) is 0 Å². The van der Waals surface area contributed by atoms with Gasteiger partial charge in [0.1, 0.15) is 18.1 Å². The van der Waals surface area contributed by atoms with E-state index in [1.807, 2.05) is 30.3 Å². The van der Waals surface area contributed by atoms with Crippen molar-refractivity contribution in [1.29, 1.82) is 0 Å². The van der Waals surface area contributed by atoms with E-state index in [0.717, 1.165) is 5.56 Å². The van der Waals surface area contributed by atoms with Crippen molar-refractivity contribution in [2.75, 3.05) is 0 Å². The molecule has 1 heterocycles. The zero-order valence-corrected chi connectivity index (χ0v) is 17.0. The van der Waals surface area contributed by atoms with Crippen molar-refractivity contribution in [3.05, 3.63) is 105 Å². The van der Waals surface area contributed by atoms with Crippen LogP contribution in [-0.4, -0.2) is 11.7 Å². The van der Waals surface area contributed by atoms with E-state index < -0.39 is 5.97 Å². The fraction of sp³-hybridized carbons (Fsp3) is 0.0435. The van der Waals surface area contributed by atoms with E-state index in [4.69, 9.17) is 32.8 Å². The van der Waals surface area contributed by atoms with Crippen molar-refractivity contribution in [1.82, 2.24) is 0 Å². The summed E-state index contributed by atoms with van der Waals surface area (Å²) in [5.74, 6) is -0.641. The molecule has 3 aromatic carbocycles. The van der Waals surface area contributed by atoms with E-state index in [1.54, 1.807) is 30.3 Å². The maximum absolute atomic E-state index is 13.3. The third-order valence-electron chi connectivity index (χ3n) is 4.35. The second kappa shape index (κ2) is 8.69. The lowest BCUT2D eigenvalue weighted by atomic mass is 10.0. The Kier molecular flexibility index (Phi) is 5.84. The fourth-order valence-electron chi connectivity index (χ4n) is 2.96. The van der Waals surface area contributed by atoms with Crippen LogP contribution in [0.4, 0.5) is 4.39 Å². The largest absolute Gasteiger partial charge is 0.486 e. The monoisotopic (exact) mass is 441 g/mol. The number of oxime groups is 1. The van der Waals surface area contributed by atoms with E-state index >= 15 is 0 Å². The smallest absolute Gasteiger partial charge is 0.368 e. The van der Waals surface area contributed by atoms with Gasteiger partial charge in [-0.2, -0.15) is 0 Å². The van der Waals surface area contributed by atoms with Gasteiger partial charge in [0.2, 0.25) is 0 Å². The van der Waals surface area contributed by atoms with E-state index in [1.165, 1.54) is 12.1 Å². The first kappa shape index (κ1) is 20.1. The Balaban J connectivity index is 1.59. The first-order valence-electron chi connectivity index (χ1n) is 8.94. The lowest BCUT2D eigenvalue weighted by Crippen LogP contribution is -2.06. The van der Waals surface area contributed by atoms with E-state index in [0.29, 0.717) is 22.4 Å². The summed E-state index contributed by atoms with van der Waals surface area (Å²) in [6.07, 6.45) is 1.61. The van der Waals surface area contributed by atoms with Crippen molar-refractivity contribution in [3.8, 4) is 5.75 Å². The van der Waals surface area contributed by atoms with Crippen molar-refractivity contribution >= 4 is 41.0 Å². The molecule has 4 nitrogen and oxygen atoms in total. The maximum Gasteiger partial charge on any atom is 0.368 e. The molecule has 0 N–H and O–H groups in total. The SMILES string of the molecule is O=C1ON=C(c2ccccc2)/C1=C/c1cc(Cl)c(OCc2cccc(F)c2)c(Cl)c1. The zero-order valence-electron chi connectivity index (χ0n) is 15.4. The third-order valence-corrected chi connectivity index (χ3v) is 4.91. The summed E-state index contributed by atoms with van der Waals surface area (Å²) >= 11 is 12.7. The highest BCUT2D eigenvalue weighted by atomic mass is 35.5. The Bertz CT molecular complexity index is 1150. The van der Waals surface area contributed by atoms with Crippen LogP contribution < -0.4 is 4.74 Å². The molecule has 3 aromatic rings. The summed E-state index contributed by atoms with van der Waals surface area (Å²) in [6, 6.07) is 18.5. The van der Waals surface area contributed by atoms with Crippen molar-refractivity contribution in [2.24, 2.45) is 5.16 Å². The molecule has 0 bridgehead atoms. The Morgan fingerprint density at radius 2 is 1.73 bits per heavy atom. The van der Waals surface area contributed by atoms with Gasteiger partial charge >= 0.3 is 5.97 Å². The van der Waals surface area contributed by atoms with Gasteiger partial charge in [-0.15, -0.1) is 0 Å². The van der Waals surface area contributed by atoms with Gasteiger partial charge in [0, 0.05) is 5.56 Å². The standard InChI is InChI=1S/C23H14Cl2FNO3/c24-19-11-15(10-18-21(27-30-23(18)28)16-6-2-1-3-7-16)12-20(25)22(19)29-13-14-5-4-8-17(26)9-14/h1-12H,13H2/b18-10-. The molecule has 0 atom stereocenters. The van der Waals surface area contributed by atoms with Crippen LogP contribution in [0.3, 0.4) is 0 Å². The summed E-state index contributed by atoms with van der Waals surface area (Å²) in [6.45, 7) is 0.106. The van der Waals surface area contributed by atoms with Gasteiger partial charge in [0.05, 0.1) is 15.6 Å². The molecule has 0 aromatic heterocycles. The predicted octanol–water partition coefficient (Wildman–Crippen LogP) is 6.06. The third kappa shape index (κ3) is 4.37.